The molecule has 7 heteroatoms. The molecule has 1 atom stereocenters. The van der Waals surface area contributed by atoms with Crippen molar-refractivity contribution < 1.29 is 14.1 Å². The molecule has 0 bridgehead atoms. The van der Waals surface area contributed by atoms with E-state index in [0.29, 0.717) is 36.8 Å². The molecule has 1 saturated heterocycles. The Bertz CT molecular complexity index is 678. The quantitative estimate of drug-likeness (QED) is 0.903. The van der Waals surface area contributed by atoms with Crippen LogP contribution in [0, 0.1) is 13.8 Å². The molecule has 2 aromatic rings. The first-order valence-electron chi connectivity index (χ1n) is 7.11. The molecular weight excluding hydrogens is 284 g/mol. The number of nitrogens with zero attached hydrogens (tertiary/aromatic N) is 3. The lowest BCUT2D eigenvalue weighted by molar-refractivity contribution is -0.0250. The van der Waals surface area contributed by atoms with Gasteiger partial charge in [0.15, 0.2) is 5.69 Å². The lowest BCUT2D eigenvalue weighted by Gasteiger charge is -2.32. The summed E-state index contributed by atoms with van der Waals surface area (Å²) in [7, 11) is 0. The number of nitrogens with two attached hydrogens (primary N) is 1. The SMILES string of the molecule is Cc1cc(N)cc([C@H]2CN(C(=O)c3cc(C)on3)CCO2)n1. The molecule has 0 radical (unpaired) electrons. The summed E-state index contributed by atoms with van der Waals surface area (Å²) in [6.45, 7) is 5.01. The van der Waals surface area contributed by atoms with Gasteiger partial charge in [-0.1, -0.05) is 5.16 Å². The van der Waals surface area contributed by atoms with Crippen LogP contribution in [-0.4, -0.2) is 40.6 Å². The van der Waals surface area contributed by atoms with Gasteiger partial charge in [-0.3, -0.25) is 9.78 Å². The first-order chi connectivity index (χ1) is 10.5. The fourth-order valence-electron chi connectivity index (χ4n) is 2.53. The van der Waals surface area contributed by atoms with Gasteiger partial charge in [-0.15, -0.1) is 0 Å². The van der Waals surface area contributed by atoms with E-state index in [4.69, 9.17) is 15.0 Å². The van der Waals surface area contributed by atoms with Gasteiger partial charge in [0.05, 0.1) is 18.8 Å². The highest BCUT2D eigenvalue weighted by Crippen LogP contribution is 2.23. The van der Waals surface area contributed by atoms with Crippen molar-refractivity contribution in [3.05, 3.63) is 41.0 Å². The van der Waals surface area contributed by atoms with Gasteiger partial charge in [0.25, 0.3) is 5.91 Å². The Morgan fingerprint density at radius 1 is 1.36 bits per heavy atom. The van der Waals surface area contributed by atoms with Gasteiger partial charge in [-0.05, 0) is 26.0 Å². The summed E-state index contributed by atoms with van der Waals surface area (Å²) in [5.41, 5.74) is 8.38. The van der Waals surface area contributed by atoms with Crippen molar-refractivity contribution in [2.75, 3.05) is 25.4 Å². The Kier molecular flexibility index (Phi) is 3.81. The monoisotopic (exact) mass is 302 g/mol. The van der Waals surface area contributed by atoms with Crippen LogP contribution >= 0.6 is 0 Å². The highest BCUT2D eigenvalue weighted by atomic mass is 16.5. The number of aryl methyl sites for hydroxylation is 2. The fraction of sp³-hybridized carbons (Fsp3) is 0.400. The largest absolute Gasteiger partial charge is 0.399 e. The van der Waals surface area contributed by atoms with Crippen LogP contribution in [0.4, 0.5) is 5.69 Å². The third kappa shape index (κ3) is 2.94. The van der Waals surface area contributed by atoms with Gasteiger partial charge in [-0.25, -0.2) is 0 Å². The number of hydrogen-bond donors (Lipinski definition) is 1. The van der Waals surface area contributed by atoms with Crippen LogP contribution in [0.25, 0.3) is 0 Å². The van der Waals surface area contributed by atoms with E-state index in [9.17, 15) is 4.79 Å². The summed E-state index contributed by atoms with van der Waals surface area (Å²) in [4.78, 5) is 18.6. The van der Waals surface area contributed by atoms with E-state index in [1.54, 1.807) is 30.0 Å². The van der Waals surface area contributed by atoms with Crippen molar-refractivity contribution in [2.45, 2.75) is 20.0 Å². The normalized spacial score (nSPS) is 18.5. The van der Waals surface area contributed by atoms with Crippen LogP contribution in [0.5, 0.6) is 0 Å². The molecular formula is C15H18N4O3. The zero-order chi connectivity index (χ0) is 15.7. The molecule has 1 amide bonds. The van der Waals surface area contributed by atoms with Crippen molar-refractivity contribution in [3.8, 4) is 0 Å². The molecule has 1 aliphatic rings. The lowest BCUT2D eigenvalue weighted by Crippen LogP contribution is -2.42. The first kappa shape index (κ1) is 14.5. The third-order valence-corrected chi connectivity index (χ3v) is 3.53. The molecule has 0 aromatic carbocycles. The minimum atomic E-state index is -0.284. The van der Waals surface area contributed by atoms with Crippen LogP contribution in [0.2, 0.25) is 0 Å². The Balaban J connectivity index is 1.78. The van der Waals surface area contributed by atoms with Crippen LogP contribution in [0.15, 0.2) is 22.7 Å². The second-order valence-electron chi connectivity index (χ2n) is 5.40. The number of ether oxygens (including phenoxy) is 1. The van der Waals surface area contributed by atoms with Gasteiger partial charge >= 0.3 is 0 Å². The van der Waals surface area contributed by atoms with E-state index >= 15 is 0 Å². The maximum Gasteiger partial charge on any atom is 0.276 e. The third-order valence-electron chi connectivity index (χ3n) is 3.53. The summed E-state index contributed by atoms with van der Waals surface area (Å²) in [5, 5.41) is 3.77. The van der Waals surface area contributed by atoms with E-state index < -0.39 is 0 Å². The summed E-state index contributed by atoms with van der Waals surface area (Å²) in [5.74, 6) is 0.451. The molecule has 1 fully saturated rings. The summed E-state index contributed by atoms with van der Waals surface area (Å²) >= 11 is 0. The average molecular weight is 302 g/mol. The maximum atomic E-state index is 12.4. The van der Waals surface area contributed by atoms with Crippen LogP contribution < -0.4 is 5.73 Å². The Morgan fingerprint density at radius 2 is 2.18 bits per heavy atom. The summed E-state index contributed by atoms with van der Waals surface area (Å²) < 4.78 is 10.7. The van der Waals surface area contributed by atoms with Gasteiger partial charge in [0.1, 0.15) is 11.9 Å². The number of rotatable bonds is 2. The molecule has 2 N–H and O–H groups in total. The number of nitrogen functional groups attached to an aromatic ring is 1. The molecule has 0 unspecified atom stereocenters. The summed E-state index contributed by atoms with van der Waals surface area (Å²) in [6.07, 6.45) is -0.284. The average Bonchev–Trinajstić information content (AvgIpc) is 2.92. The highest BCUT2D eigenvalue weighted by Gasteiger charge is 2.28. The summed E-state index contributed by atoms with van der Waals surface area (Å²) in [6, 6.07) is 5.22. The first-order valence-corrected chi connectivity index (χ1v) is 7.11. The predicted octanol–water partition coefficient (Wildman–Crippen LogP) is 1.48. The number of carbonyl (C=O) groups excluding carboxylic acids is 1. The molecule has 2 aromatic heterocycles. The Hall–Kier alpha value is -2.41. The molecule has 0 saturated carbocycles. The van der Waals surface area contributed by atoms with E-state index in [1.807, 2.05) is 6.92 Å². The second-order valence-corrected chi connectivity index (χ2v) is 5.40. The molecule has 3 heterocycles. The number of hydrogen-bond acceptors (Lipinski definition) is 6. The molecule has 3 rings (SSSR count). The topological polar surface area (TPSA) is 94.5 Å². The smallest absolute Gasteiger partial charge is 0.276 e. The van der Waals surface area contributed by atoms with Crippen molar-refractivity contribution in [3.63, 3.8) is 0 Å². The van der Waals surface area contributed by atoms with Crippen molar-refractivity contribution >= 4 is 11.6 Å². The van der Waals surface area contributed by atoms with Gasteiger partial charge in [0, 0.05) is 24.0 Å². The van der Waals surface area contributed by atoms with E-state index in [-0.39, 0.29) is 12.0 Å². The van der Waals surface area contributed by atoms with Gasteiger partial charge < -0.3 is 19.9 Å². The molecule has 22 heavy (non-hydrogen) atoms. The zero-order valence-corrected chi connectivity index (χ0v) is 12.6. The number of pyridine rings is 1. The predicted molar refractivity (Wildman–Crippen MR) is 79.2 cm³/mol. The standard InChI is InChI=1S/C15H18N4O3/c1-9-5-11(16)7-12(17-9)14-8-19(3-4-21-14)15(20)13-6-10(2)22-18-13/h5-7,14H,3-4,8H2,1-2H3,(H2,16,17)/t14-/m1/s1. The molecule has 0 aliphatic carbocycles. The van der Waals surface area contributed by atoms with E-state index in [0.717, 1.165) is 11.4 Å². The van der Waals surface area contributed by atoms with Crippen LogP contribution in [0.3, 0.4) is 0 Å². The zero-order valence-electron chi connectivity index (χ0n) is 12.6. The fourth-order valence-corrected chi connectivity index (χ4v) is 2.53. The number of carbonyl (C=O) groups is 1. The van der Waals surface area contributed by atoms with E-state index in [2.05, 4.69) is 10.1 Å². The molecule has 0 spiro atoms. The molecule has 116 valence electrons. The van der Waals surface area contributed by atoms with Crippen LogP contribution in [0.1, 0.15) is 33.7 Å². The van der Waals surface area contributed by atoms with Crippen LogP contribution in [-0.2, 0) is 4.74 Å². The van der Waals surface area contributed by atoms with Crippen molar-refractivity contribution in [2.24, 2.45) is 0 Å². The van der Waals surface area contributed by atoms with Crippen molar-refractivity contribution in [1.29, 1.82) is 0 Å². The minimum absolute atomic E-state index is 0.161. The highest BCUT2D eigenvalue weighted by molar-refractivity contribution is 5.92. The van der Waals surface area contributed by atoms with E-state index in [1.165, 1.54) is 0 Å². The number of anilines is 1. The number of morpholine rings is 1. The number of aromatic nitrogens is 2. The second kappa shape index (κ2) is 5.76. The number of amides is 1. The maximum absolute atomic E-state index is 12.4. The molecule has 1 aliphatic heterocycles. The Morgan fingerprint density at radius 3 is 2.86 bits per heavy atom. The molecule has 7 nitrogen and oxygen atoms in total. The van der Waals surface area contributed by atoms with Gasteiger partial charge in [-0.2, -0.15) is 0 Å². The van der Waals surface area contributed by atoms with Gasteiger partial charge in [0.2, 0.25) is 0 Å². The Labute approximate surface area is 128 Å². The van der Waals surface area contributed by atoms with Crippen molar-refractivity contribution in [1.82, 2.24) is 15.0 Å². The minimum Gasteiger partial charge on any atom is -0.399 e. The lowest BCUT2D eigenvalue weighted by atomic mass is 10.1.